The molecular weight excluding hydrogens is 331 g/mol. The first-order valence-electron chi connectivity index (χ1n) is 7.47. The van der Waals surface area contributed by atoms with Crippen molar-refractivity contribution in [3.63, 3.8) is 0 Å². The summed E-state index contributed by atoms with van der Waals surface area (Å²) < 4.78 is 0. The van der Waals surface area contributed by atoms with E-state index in [-0.39, 0.29) is 5.91 Å². The van der Waals surface area contributed by atoms with E-state index >= 15 is 0 Å². The number of hydrogen-bond acceptors (Lipinski definition) is 1. The van der Waals surface area contributed by atoms with Gasteiger partial charge < -0.3 is 10.2 Å². The first-order valence-corrected chi connectivity index (χ1v) is 8.23. The van der Waals surface area contributed by atoms with Crippen LogP contribution in [0.4, 0.5) is 5.69 Å². The highest BCUT2D eigenvalue weighted by molar-refractivity contribution is 6.36. The van der Waals surface area contributed by atoms with E-state index in [2.05, 4.69) is 37.4 Å². The number of quaternary nitrogens is 1. The number of benzene rings is 2. The lowest BCUT2D eigenvalue weighted by Crippen LogP contribution is -3.08. The molecular formula is C18H21Cl2N2O+. The van der Waals surface area contributed by atoms with Crippen LogP contribution in [0.15, 0.2) is 36.4 Å². The van der Waals surface area contributed by atoms with E-state index in [1.54, 1.807) is 18.2 Å². The summed E-state index contributed by atoms with van der Waals surface area (Å²) in [7, 11) is 2.00. The van der Waals surface area contributed by atoms with Crippen LogP contribution in [0.5, 0.6) is 0 Å². The molecule has 3 nitrogen and oxygen atoms in total. The fraction of sp³-hybridized carbons (Fsp3) is 0.278. The Balaban J connectivity index is 1.94. The highest BCUT2D eigenvalue weighted by Crippen LogP contribution is 2.25. The SMILES string of the molecule is Cc1ccc(C[NH+](C)CC(=O)Nc2ccc(Cl)cc2Cl)c(C)c1. The van der Waals surface area contributed by atoms with Crippen molar-refractivity contribution >= 4 is 34.8 Å². The van der Waals surface area contributed by atoms with Gasteiger partial charge in [0.15, 0.2) is 6.54 Å². The van der Waals surface area contributed by atoms with Crippen LogP contribution in [0, 0.1) is 13.8 Å². The summed E-state index contributed by atoms with van der Waals surface area (Å²) >= 11 is 11.9. The third-order valence-corrected chi connectivity index (χ3v) is 4.21. The Morgan fingerprint density at radius 1 is 1.13 bits per heavy atom. The molecule has 2 aromatic carbocycles. The van der Waals surface area contributed by atoms with Crippen molar-refractivity contribution in [1.82, 2.24) is 0 Å². The largest absolute Gasteiger partial charge is 0.326 e. The lowest BCUT2D eigenvalue weighted by atomic mass is 10.1. The summed E-state index contributed by atoms with van der Waals surface area (Å²) in [5.74, 6) is -0.0727. The first-order chi connectivity index (χ1) is 10.8. The van der Waals surface area contributed by atoms with Crippen molar-refractivity contribution < 1.29 is 9.69 Å². The fourth-order valence-corrected chi connectivity index (χ4v) is 2.95. The molecule has 0 aliphatic heterocycles. The van der Waals surface area contributed by atoms with Crippen LogP contribution in [-0.4, -0.2) is 19.5 Å². The van der Waals surface area contributed by atoms with E-state index in [0.29, 0.717) is 22.3 Å². The van der Waals surface area contributed by atoms with Crippen LogP contribution in [0.2, 0.25) is 10.0 Å². The Morgan fingerprint density at radius 3 is 2.52 bits per heavy atom. The van der Waals surface area contributed by atoms with Crippen molar-refractivity contribution in [1.29, 1.82) is 0 Å². The summed E-state index contributed by atoms with van der Waals surface area (Å²) in [5, 5.41) is 3.82. The molecule has 0 radical (unpaired) electrons. The van der Waals surface area contributed by atoms with Crippen molar-refractivity contribution in [3.05, 3.63) is 63.1 Å². The number of likely N-dealkylation sites (N-methyl/N-ethyl adjacent to an activating group) is 1. The molecule has 122 valence electrons. The van der Waals surface area contributed by atoms with Gasteiger partial charge in [0.25, 0.3) is 5.91 Å². The quantitative estimate of drug-likeness (QED) is 0.851. The predicted octanol–water partition coefficient (Wildman–Crippen LogP) is 3.26. The van der Waals surface area contributed by atoms with E-state index in [1.807, 2.05) is 7.05 Å². The normalized spacial score (nSPS) is 12.0. The number of carbonyl (C=O) groups excluding carboxylic acids is 1. The van der Waals surface area contributed by atoms with E-state index in [0.717, 1.165) is 11.4 Å². The molecule has 2 rings (SSSR count). The Kier molecular flexibility index (Phi) is 6.05. The van der Waals surface area contributed by atoms with E-state index < -0.39 is 0 Å². The van der Waals surface area contributed by atoms with Crippen molar-refractivity contribution in [2.45, 2.75) is 20.4 Å². The Labute approximate surface area is 147 Å². The van der Waals surface area contributed by atoms with Crippen LogP contribution >= 0.6 is 23.2 Å². The van der Waals surface area contributed by atoms with Gasteiger partial charge in [-0.2, -0.15) is 0 Å². The molecule has 0 saturated heterocycles. The van der Waals surface area contributed by atoms with Crippen LogP contribution in [0.1, 0.15) is 16.7 Å². The third-order valence-electron chi connectivity index (χ3n) is 3.66. The number of halogens is 2. The second-order valence-electron chi connectivity index (χ2n) is 5.91. The monoisotopic (exact) mass is 351 g/mol. The Bertz CT molecular complexity index is 716. The fourth-order valence-electron chi connectivity index (χ4n) is 2.49. The third kappa shape index (κ3) is 5.24. The zero-order chi connectivity index (χ0) is 17.0. The van der Waals surface area contributed by atoms with Gasteiger partial charge >= 0.3 is 0 Å². The molecule has 0 bridgehead atoms. The zero-order valence-corrected chi connectivity index (χ0v) is 15.1. The molecule has 1 unspecified atom stereocenters. The molecule has 0 aliphatic rings. The van der Waals surface area contributed by atoms with Crippen LogP contribution in [0.25, 0.3) is 0 Å². The summed E-state index contributed by atoms with van der Waals surface area (Å²) in [6.07, 6.45) is 0. The molecule has 0 saturated carbocycles. The van der Waals surface area contributed by atoms with Gasteiger partial charge in [0, 0.05) is 10.6 Å². The maximum Gasteiger partial charge on any atom is 0.279 e. The molecule has 2 N–H and O–H groups in total. The summed E-state index contributed by atoms with van der Waals surface area (Å²) in [6, 6.07) is 11.4. The summed E-state index contributed by atoms with van der Waals surface area (Å²) in [4.78, 5) is 13.3. The number of nitrogens with one attached hydrogen (secondary N) is 2. The molecule has 1 atom stereocenters. The highest BCUT2D eigenvalue weighted by Gasteiger charge is 2.13. The number of amides is 1. The minimum atomic E-state index is -0.0727. The standard InChI is InChI=1S/C18H20Cl2N2O/c1-12-4-5-14(13(2)8-12)10-22(3)11-18(23)21-17-7-6-15(19)9-16(17)20/h4-9H,10-11H2,1-3H3,(H,21,23)/p+1. The van der Waals surface area contributed by atoms with Gasteiger partial charge in [-0.1, -0.05) is 47.0 Å². The molecule has 2 aromatic rings. The minimum absolute atomic E-state index is 0.0727. The predicted molar refractivity (Wildman–Crippen MR) is 96.5 cm³/mol. The average Bonchev–Trinajstić information content (AvgIpc) is 2.45. The van der Waals surface area contributed by atoms with Crippen LogP contribution < -0.4 is 10.2 Å². The van der Waals surface area contributed by atoms with E-state index in [9.17, 15) is 4.79 Å². The summed E-state index contributed by atoms with van der Waals surface area (Å²) in [5.41, 5.74) is 4.34. The van der Waals surface area contributed by atoms with E-state index in [1.165, 1.54) is 16.7 Å². The highest BCUT2D eigenvalue weighted by atomic mass is 35.5. The minimum Gasteiger partial charge on any atom is -0.326 e. The number of rotatable bonds is 5. The molecule has 0 heterocycles. The molecule has 0 fully saturated rings. The lowest BCUT2D eigenvalue weighted by Gasteiger charge is -2.16. The zero-order valence-electron chi connectivity index (χ0n) is 13.5. The van der Waals surface area contributed by atoms with Gasteiger partial charge in [-0.05, 0) is 37.6 Å². The van der Waals surface area contributed by atoms with Gasteiger partial charge in [-0.25, -0.2) is 0 Å². The van der Waals surface area contributed by atoms with Gasteiger partial charge in [0.1, 0.15) is 6.54 Å². The number of hydrogen-bond donors (Lipinski definition) is 2. The smallest absolute Gasteiger partial charge is 0.279 e. The Morgan fingerprint density at radius 2 is 1.87 bits per heavy atom. The second-order valence-corrected chi connectivity index (χ2v) is 6.76. The second kappa shape index (κ2) is 7.82. The van der Waals surface area contributed by atoms with Crippen molar-refractivity contribution in [3.8, 4) is 0 Å². The lowest BCUT2D eigenvalue weighted by molar-refractivity contribution is -0.885. The van der Waals surface area contributed by atoms with Crippen molar-refractivity contribution in [2.24, 2.45) is 0 Å². The Hall–Kier alpha value is -1.55. The van der Waals surface area contributed by atoms with Gasteiger partial charge in [-0.3, -0.25) is 4.79 Å². The molecule has 0 spiro atoms. The number of anilines is 1. The topological polar surface area (TPSA) is 33.5 Å². The summed E-state index contributed by atoms with van der Waals surface area (Å²) in [6.45, 7) is 5.35. The molecule has 1 amide bonds. The maximum absolute atomic E-state index is 12.2. The van der Waals surface area contributed by atoms with Gasteiger partial charge in [0.05, 0.1) is 17.8 Å². The first kappa shape index (κ1) is 17.8. The van der Waals surface area contributed by atoms with Crippen LogP contribution in [0.3, 0.4) is 0 Å². The molecule has 0 aliphatic carbocycles. The van der Waals surface area contributed by atoms with Crippen molar-refractivity contribution in [2.75, 3.05) is 18.9 Å². The maximum atomic E-state index is 12.2. The molecule has 0 aromatic heterocycles. The van der Waals surface area contributed by atoms with Gasteiger partial charge in [0.2, 0.25) is 0 Å². The van der Waals surface area contributed by atoms with Crippen LogP contribution in [-0.2, 0) is 11.3 Å². The van der Waals surface area contributed by atoms with Gasteiger partial charge in [-0.15, -0.1) is 0 Å². The molecule has 23 heavy (non-hydrogen) atoms. The number of aryl methyl sites for hydroxylation is 2. The average molecular weight is 352 g/mol. The molecule has 5 heteroatoms. The van der Waals surface area contributed by atoms with E-state index in [4.69, 9.17) is 23.2 Å². The number of carbonyl (C=O) groups is 1.